The maximum absolute atomic E-state index is 13.4. The summed E-state index contributed by atoms with van der Waals surface area (Å²) in [4.78, 5) is 36.2. The van der Waals surface area contributed by atoms with E-state index in [4.69, 9.17) is 9.15 Å². The Kier molecular flexibility index (Phi) is 7.32. The molecule has 5 rings (SSSR count). The number of amides is 2. The lowest BCUT2D eigenvalue weighted by Gasteiger charge is -2.18. The van der Waals surface area contributed by atoms with Crippen molar-refractivity contribution >= 4 is 23.2 Å². The topological polar surface area (TPSA) is 148 Å². The number of carbonyl (C=O) groups is 1. The van der Waals surface area contributed by atoms with Crippen LogP contribution in [0.5, 0.6) is 5.88 Å². The maximum Gasteiger partial charge on any atom is 0.434 e. The molecule has 0 aliphatic heterocycles. The van der Waals surface area contributed by atoms with Crippen LogP contribution in [0.3, 0.4) is 0 Å². The van der Waals surface area contributed by atoms with Gasteiger partial charge in [0, 0.05) is 41.0 Å². The van der Waals surface area contributed by atoms with Gasteiger partial charge >= 0.3 is 18.0 Å². The number of hydrogen-bond donors (Lipinski definition) is 3. The van der Waals surface area contributed by atoms with E-state index in [1.54, 1.807) is 13.0 Å². The number of nitrogens with one attached hydrogen (secondary N) is 3. The van der Waals surface area contributed by atoms with Crippen molar-refractivity contribution < 1.29 is 27.1 Å². The Morgan fingerprint density at radius 1 is 1.18 bits per heavy atom. The van der Waals surface area contributed by atoms with Crippen molar-refractivity contribution in [3.63, 3.8) is 0 Å². The number of rotatable bonds is 7. The molecule has 204 valence electrons. The maximum atomic E-state index is 13.4. The predicted octanol–water partition coefficient (Wildman–Crippen LogP) is 5.09. The zero-order valence-corrected chi connectivity index (χ0v) is 21.3. The standard InChI is InChI=1S/C24H22F3N7O4S/c1-2-28-22(35)32-18-8-15(21-31-17(11-39-21)24(25,26)27)16(10-29-18)14-7-12(19-33-34-23(36)38-19)9-30-20(14)37-13-5-3-4-6-13/h7-11,13H,2-6H2,1H3,(H,34,36)(H2,28,29,32,35). The first kappa shape index (κ1) is 26.3. The van der Waals surface area contributed by atoms with Gasteiger partial charge < -0.3 is 14.5 Å². The van der Waals surface area contributed by atoms with Crippen LogP contribution in [0.25, 0.3) is 33.2 Å². The van der Waals surface area contributed by atoms with Crippen LogP contribution >= 0.6 is 11.3 Å². The van der Waals surface area contributed by atoms with Crippen molar-refractivity contribution in [1.29, 1.82) is 0 Å². The molecule has 4 heterocycles. The van der Waals surface area contributed by atoms with Crippen LogP contribution in [0.4, 0.5) is 23.8 Å². The molecule has 3 N–H and O–H groups in total. The van der Waals surface area contributed by atoms with Crippen LogP contribution in [0.1, 0.15) is 38.3 Å². The second-order valence-electron chi connectivity index (χ2n) is 8.65. The zero-order chi connectivity index (χ0) is 27.6. The molecule has 11 nitrogen and oxygen atoms in total. The Balaban J connectivity index is 1.66. The van der Waals surface area contributed by atoms with Gasteiger partial charge in [0.05, 0.1) is 5.56 Å². The van der Waals surface area contributed by atoms with Crippen molar-refractivity contribution in [1.82, 2.24) is 30.5 Å². The summed E-state index contributed by atoms with van der Waals surface area (Å²) in [5.41, 5.74) is 0.264. The molecular weight excluding hydrogens is 539 g/mol. The minimum absolute atomic E-state index is 0.0289. The fraction of sp³-hybridized carbons (Fsp3) is 0.333. The highest BCUT2D eigenvalue weighted by molar-refractivity contribution is 7.13. The minimum Gasteiger partial charge on any atom is -0.474 e. The Hall–Kier alpha value is -4.27. The number of thiazole rings is 1. The Bertz CT molecular complexity index is 1540. The fourth-order valence-electron chi connectivity index (χ4n) is 4.14. The monoisotopic (exact) mass is 561 g/mol. The molecule has 4 aromatic rings. The number of aromatic amines is 1. The van der Waals surface area contributed by atoms with Gasteiger partial charge in [-0.2, -0.15) is 13.2 Å². The largest absolute Gasteiger partial charge is 0.474 e. The summed E-state index contributed by atoms with van der Waals surface area (Å²) in [5, 5.41) is 12.1. The highest BCUT2D eigenvalue weighted by Gasteiger charge is 2.34. The van der Waals surface area contributed by atoms with Gasteiger partial charge in [0.25, 0.3) is 5.89 Å². The molecule has 1 aliphatic carbocycles. The van der Waals surface area contributed by atoms with Crippen molar-refractivity contribution in [2.75, 3.05) is 11.9 Å². The van der Waals surface area contributed by atoms with E-state index in [9.17, 15) is 22.8 Å². The number of aromatic nitrogens is 5. The van der Waals surface area contributed by atoms with Crippen LogP contribution in [0, 0.1) is 0 Å². The lowest BCUT2D eigenvalue weighted by molar-refractivity contribution is -0.140. The highest BCUT2D eigenvalue weighted by atomic mass is 32.1. The van der Waals surface area contributed by atoms with E-state index in [2.05, 4.69) is 35.8 Å². The van der Waals surface area contributed by atoms with E-state index in [-0.39, 0.29) is 34.3 Å². The molecule has 0 aromatic carbocycles. The SMILES string of the molecule is CCNC(=O)Nc1cc(-c2nc(C(F)(F)F)cs2)c(-c2cc(-c3n[nH]c(=O)o3)cnc2OC2CCCC2)cn1. The normalized spacial score (nSPS) is 13.9. The van der Waals surface area contributed by atoms with E-state index in [1.807, 2.05) is 0 Å². The summed E-state index contributed by atoms with van der Waals surface area (Å²) in [7, 11) is 0. The molecule has 4 aromatic heterocycles. The Morgan fingerprint density at radius 3 is 2.64 bits per heavy atom. The van der Waals surface area contributed by atoms with Crippen LogP contribution < -0.4 is 21.1 Å². The number of pyridine rings is 2. The van der Waals surface area contributed by atoms with E-state index in [0.717, 1.165) is 42.4 Å². The van der Waals surface area contributed by atoms with Gasteiger partial charge in [0.15, 0.2) is 5.69 Å². The zero-order valence-electron chi connectivity index (χ0n) is 20.5. The lowest BCUT2D eigenvalue weighted by atomic mass is 10.0. The average molecular weight is 562 g/mol. The third-order valence-corrected chi connectivity index (χ3v) is 6.79. The molecule has 1 fully saturated rings. The second kappa shape index (κ2) is 10.8. The summed E-state index contributed by atoms with van der Waals surface area (Å²) in [6, 6.07) is 2.51. The number of H-pyrrole nitrogens is 1. The van der Waals surface area contributed by atoms with Crippen LogP contribution in [-0.4, -0.2) is 43.8 Å². The van der Waals surface area contributed by atoms with Crippen LogP contribution in [0.2, 0.25) is 0 Å². The molecule has 2 amide bonds. The Labute approximate surface area is 222 Å². The number of anilines is 1. The Morgan fingerprint density at radius 2 is 1.97 bits per heavy atom. The number of urea groups is 1. The van der Waals surface area contributed by atoms with Crippen molar-refractivity contribution in [2.45, 2.75) is 44.9 Å². The molecule has 1 saturated carbocycles. The minimum atomic E-state index is -4.64. The summed E-state index contributed by atoms with van der Waals surface area (Å²) in [6.45, 7) is 2.10. The first-order chi connectivity index (χ1) is 18.7. The van der Waals surface area contributed by atoms with Gasteiger partial charge in [0.2, 0.25) is 5.88 Å². The molecule has 15 heteroatoms. The fourth-order valence-corrected chi connectivity index (χ4v) is 4.99. The quantitative estimate of drug-likeness (QED) is 0.283. The number of halogens is 3. The average Bonchev–Trinajstić information content (AvgIpc) is 3.67. The van der Waals surface area contributed by atoms with Crippen LogP contribution in [-0.2, 0) is 6.18 Å². The number of hydrogen-bond acceptors (Lipinski definition) is 9. The van der Waals surface area contributed by atoms with Crippen molar-refractivity contribution in [3.8, 4) is 39.0 Å². The molecule has 0 atom stereocenters. The molecular formula is C24H22F3N7O4S. The van der Waals surface area contributed by atoms with Gasteiger partial charge in [-0.25, -0.2) is 29.6 Å². The third kappa shape index (κ3) is 5.92. The van der Waals surface area contributed by atoms with Crippen LogP contribution in [0.15, 0.2) is 39.1 Å². The summed E-state index contributed by atoms with van der Waals surface area (Å²) in [5.74, 6) is -0.463. The number of nitrogens with zero attached hydrogens (tertiary/aromatic N) is 4. The predicted molar refractivity (Wildman–Crippen MR) is 135 cm³/mol. The smallest absolute Gasteiger partial charge is 0.434 e. The molecule has 39 heavy (non-hydrogen) atoms. The van der Waals surface area contributed by atoms with Gasteiger partial charge in [0.1, 0.15) is 16.9 Å². The molecule has 0 bridgehead atoms. The molecule has 0 saturated heterocycles. The van der Waals surface area contributed by atoms with Crippen molar-refractivity contribution in [3.05, 3.63) is 46.2 Å². The summed E-state index contributed by atoms with van der Waals surface area (Å²) < 4.78 is 51.5. The van der Waals surface area contributed by atoms with E-state index in [0.29, 0.717) is 23.2 Å². The molecule has 0 radical (unpaired) electrons. The van der Waals surface area contributed by atoms with E-state index < -0.39 is 23.7 Å². The third-order valence-electron chi connectivity index (χ3n) is 5.91. The molecule has 0 unspecified atom stereocenters. The lowest BCUT2D eigenvalue weighted by Crippen LogP contribution is -2.28. The van der Waals surface area contributed by atoms with E-state index in [1.165, 1.54) is 18.5 Å². The molecule has 0 spiro atoms. The van der Waals surface area contributed by atoms with Gasteiger partial charge in [-0.3, -0.25) is 5.32 Å². The first-order valence-corrected chi connectivity index (χ1v) is 12.9. The van der Waals surface area contributed by atoms with Gasteiger partial charge in [-0.05, 0) is 44.7 Å². The first-order valence-electron chi connectivity index (χ1n) is 12.0. The van der Waals surface area contributed by atoms with Crippen molar-refractivity contribution in [2.24, 2.45) is 0 Å². The second-order valence-corrected chi connectivity index (χ2v) is 9.51. The summed E-state index contributed by atoms with van der Waals surface area (Å²) in [6.07, 6.45) is 1.77. The van der Waals surface area contributed by atoms with E-state index >= 15 is 0 Å². The molecule has 1 aliphatic rings. The summed E-state index contributed by atoms with van der Waals surface area (Å²) >= 11 is 0.793. The number of carbonyl (C=O) groups excluding carboxylic acids is 1. The van der Waals surface area contributed by atoms with Gasteiger partial charge in [-0.1, -0.05) is 0 Å². The highest BCUT2D eigenvalue weighted by Crippen LogP contribution is 2.42. The number of alkyl halides is 3. The van der Waals surface area contributed by atoms with Gasteiger partial charge in [-0.15, -0.1) is 16.4 Å². The number of ether oxygens (including phenoxy) is 1.